The highest BCUT2D eigenvalue weighted by Gasteiger charge is 2.28. The Morgan fingerprint density at radius 2 is 2.32 bits per heavy atom. The predicted octanol–water partition coefficient (Wildman–Crippen LogP) is 2.53. The lowest BCUT2D eigenvalue weighted by molar-refractivity contribution is -0.149. The van der Waals surface area contributed by atoms with Crippen LogP contribution in [0.25, 0.3) is 0 Å². The maximum absolute atomic E-state index is 11.6. The van der Waals surface area contributed by atoms with Gasteiger partial charge in [0, 0.05) is 5.75 Å². The van der Waals surface area contributed by atoms with E-state index in [-0.39, 0.29) is 5.97 Å². The van der Waals surface area contributed by atoms with E-state index in [9.17, 15) is 4.79 Å². The first-order valence-corrected chi connectivity index (χ1v) is 7.45. The number of thioether (sulfide) groups is 1. The average molecular weight is 286 g/mol. The van der Waals surface area contributed by atoms with Crippen molar-refractivity contribution < 1.29 is 13.9 Å². The number of unbranched alkanes of at least 4 members (excludes halogenated alkanes) is 1. The number of nitrogens with zero attached hydrogens (tertiary/aromatic N) is 1. The molecular formula is C13H22N2O3S. The number of esters is 1. The molecule has 0 aliphatic carbocycles. The Balaban J connectivity index is 2.18. The molecule has 0 fully saturated rings. The SMILES string of the molecule is CCOC(=O)C(C)(N)CCCCSc1nc(C)co1. The van der Waals surface area contributed by atoms with Gasteiger partial charge in [-0.1, -0.05) is 18.2 Å². The van der Waals surface area contributed by atoms with Crippen LogP contribution >= 0.6 is 11.8 Å². The largest absolute Gasteiger partial charge is 0.465 e. The first-order valence-electron chi connectivity index (χ1n) is 6.46. The number of aromatic nitrogens is 1. The van der Waals surface area contributed by atoms with Crippen LogP contribution in [0.1, 0.15) is 38.8 Å². The van der Waals surface area contributed by atoms with Crippen molar-refractivity contribution in [3.8, 4) is 0 Å². The maximum Gasteiger partial charge on any atom is 0.325 e. The van der Waals surface area contributed by atoms with E-state index in [1.165, 1.54) is 0 Å². The van der Waals surface area contributed by atoms with Gasteiger partial charge in [0.25, 0.3) is 5.22 Å². The molecule has 1 aromatic heterocycles. The van der Waals surface area contributed by atoms with E-state index < -0.39 is 5.54 Å². The molecule has 0 saturated heterocycles. The standard InChI is InChI=1S/C13H22N2O3S/c1-4-17-11(16)13(3,14)7-5-6-8-19-12-15-10(2)9-18-12/h9H,4-8,14H2,1-3H3. The quantitative estimate of drug-likeness (QED) is 0.449. The first kappa shape index (κ1) is 16.0. The molecule has 0 aliphatic heterocycles. The van der Waals surface area contributed by atoms with Crippen molar-refractivity contribution in [1.29, 1.82) is 0 Å². The van der Waals surface area contributed by atoms with Crippen molar-refractivity contribution in [2.24, 2.45) is 5.73 Å². The molecule has 0 aliphatic rings. The number of carbonyl (C=O) groups is 1. The van der Waals surface area contributed by atoms with E-state index in [1.54, 1.807) is 31.9 Å². The second kappa shape index (κ2) is 7.55. The van der Waals surface area contributed by atoms with Crippen molar-refractivity contribution in [2.45, 2.75) is 50.8 Å². The van der Waals surface area contributed by atoms with E-state index in [0.717, 1.165) is 24.3 Å². The second-order valence-corrected chi connectivity index (χ2v) is 5.74. The Kier molecular flexibility index (Phi) is 6.37. The van der Waals surface area contributed by atoms with E-state index in [0.29, 0.717) is 18.3 Å². The van der Waals surface area contributed by atoms with Crippen LogP contribution in [0.5, 0.6) is 0 Å². The van der Waals surface area contributed by atoms with Gasteiger partial charge in [-0.15, -0.1) is 0 Å². The lowest BCUT2D eigenvalue weighted by atomic mass is 9.96. The molecular weight excluding hydrogens is 264 g/mol. The number of hydrogen-bond donors (Lipinski definition) is 1. The molecule has 0 aromatic carbocycles. The summed E-state index contributed by atoms with van der Waals surface area (Å²) in [6, 6.07) is 0. The Morgan fingerprint density at radius 3 is 2.89 bits per heavy atom. The molecule has 0 saturated carbocycles. The molecule has 1 atom stereocenters. The van der Waals surface area contributed by atoms with E-state index in [1.807, 2.05) is 6.92 Å². The van der Waals surface area contributed by atoms with Gasteiger partial charge in [0.1, 0.15) is 11.8 Å². The molecule has 1 rings (SSSR count). The zero-order chi connectivity index (χ0) is 14.3. The van der Waals surface area contributed by atoms with Gasteiger partial charge < -0.3 is 14.9 Å². The van der Waals surface area contributed by atoms with Crippen molar-refractivity contribution in [2.75, 3.05) is 12.4 Å². The molecule has 108 valence electrons. The lowest BCUT2D eigenvalue weighted by Crippen LogP contribution is -2.46. The average Bonchev–Trinajstić information content (AvgIpc) is 2.75. The third kappa shape index (κ3) is 5.65. The molecule has 19 heavy (non-hydrogen) atoms. The summed E-state index contributed by atoms with van der Waals surface area (Å²) in [6.45, 7) is 5.76. The van der Waals surface area contributed by atoms with E-state index in [4.69, 9.17) is 14.9 Å². The van der Waals surface area contributed by atoms with Crippen molar-refractivity contribution in [3.63, 3.8) is 0 Å². The van der Waals surface area contributed by atoms with Crippen LogP contribution in [0.2, 0.25) is 0 Å². The minimum absolute atomic E-state index is 0.328. The van der Waals surface area contributed by atoms with Crippen LogP contribution in [0.3, 0.4) is 0 Å². The molecule has 1 heterocycles. The monoisotopic (exact) mass is 286 g/mol. The molecule has 2 N–H and O–H groups in total. The van der Waals surface area contributed by atoms with Crippen LogP contribution in [0, 0.1) is 6.92 Å². The normalized spacial score (nSPS) is 14.1. The summed E-state index contributed by atoms with van der Waals surface area (Å²) in [6.07, 6.45) is 4.09. The first-order chi connectivity index (χ1) is 8.95. The summed E-state index contributed by atoms with van der Waals surface area (Å²) >= 11 is 1.58. The lowest BCUT2D eigenvalue weighted by Gasteiger charge is -2.21. The fraction of sp³-hybridized carbons (Fsp3) is 0.692. The summed E-state index contributed by atoms with van der Waals surface area (Å²) < 4.78 is 10.2. The second-order valence-electron chi connectivity index (χ2n) is 4.70. The Bertz CT molecular complexity index is 404. The summed E-state index contributed by atoms with van der Waals surface area (Å²) in [5, 5.41) is 0.693. The minimum Gasteiger partial charge on any atom is -0.465 e. The predicted molar refractivity (Wildman–Crippen MR) is 75.0 cm³/mol. The van der Waals surface area contributed by atoms with Gasteiger partial charge in [-0.05, 0) is 33.6 Å². The minimum atomic E-state index is -0.889. The topological polar surface area (TPSA) is 78.4 Å². The highest BCUT2D eigenvalue weighted by Crippen LogP contribution is 2.20. The molecule has 0 radical (unpaired) electrons. The van der Waals surface area contributed by atoms with Gasteiger partial charge in [0.2, 0.25) is 0 Å². The molecule has 0 amide bonds. The maximum atomic E-state index is 11.6. The van der Waals surface area contributed by atoms with E-state index in [2.05, 4.69) is 4.98 Å². The molecule has 6 heteroatoms. The number of oxazole rings is 1. The van der Waals surface area contributed by atoms with Crippen LogP contribution in [-0.2, 0) is 9.53 Å². The Morgan fingerprint density at radius 1 is 1.58 bits per heavy atom. The summed E-state index contributed by atoms with van der Waals surface area (Å²) in [5.41, 5.74) is 5.93. The Hall–Kier alpha value is -1.01. The van der Waals surface area contributed by atoms with Gasteiger partial charge in [-0.2, -0.15) is 0 Å². The number of aryl methyl sites for hydroxylation is 1. The number of hydrogen-bond acceptors (Lipinski definition) is 6. The fourth-order valence-electron chi connectivity index (χ4n) is 1.55. The number of ether oxygens (including phenoxy) is 1. The third-order valence-corrected chi connectivity index (χ3v) is 3.58. The highest BCUT2D eigenvalue weighted by molar-refractivity contribution is 7.99. The van der Waals surface area contributed by atoms with Gasteiger partial charge in [0.15, 0.2) is 0 Å². The smallest absolute Gasteiger partial charge is 0.325 e. The summed E-state index contributed by atoms with van der Waals surface area (Å²) in [5.74, 6) is 0.574. The number of rotatable bonds is 8. The molecule has 5 nitrogen and oxygen atoms in total. The molecule has 1 aromatic rings. The van der Waals surface area contributed by atoms with Crippen molar-refractivity contribution in [1.82, 2.24) is 4.98 Å². The van der Waals surface area contributed by atoms with Crippen molar-refractivity contribution >= 4 is 17.7 Å². The van der Waals surface area contributed by atoms with E-state index >= 15 is 0 Å². The van der Waals surface area contributed by atoms with Crippen LogP contribution in [-0.4, -0.2) is 28.9 Å². The zero-order valence-electron chi connectivity index (χ0n) is 11.8. The Labute approximate surface area is 118 Å². The number of carbonyl (C=O) groups excluding carboxylic acids is 1. The summed E-state index contributed by atoms with van der Waals surface area (Å²) in [7, 11) is 0. The third-order valence-electron chi connectivity index (χ3n) is 2.66. The molecule has 0 spiro atoms. The van der Waals surface area contributed by atoms with Crippen LogP contribution in [0.15, 0.2) is 15.9 Å². The highest BCUT2D eigenvalue weighted by atomic mass is 32.2. The summed E-state index contributed by atoms with van der Waals surface area (Å²) in [4.78, 5) is 15.8. The molecule has 0 bridgehead atoms. The van der Waals surface area contributed by atoms with Gasteiger partial charge >= 0.3 is 5.97 Å². The molecule has 1 unspecified atom stereocenters. The van der Waals surface area contributed by atoms with Gasteiger partial charge in [0.05, 0.1) is 12.3 Å². The zero-order valence-corrected chi connectivity index (χ0v) is 12.6. The van der Waals surface area contributed by atoms with Gasteiger partial charge in [-0.25, -0.2) is 4.98 Å². The van der Waals surface area contributed by atoms with Gasteiger partial charge in [-0.3, -0.25) is 4.79 Å². The van der Waals surface area contributed by atoms with Crippen LogP contribution < -0.4 is 5.73 Å². The number of nitrogens with two attached hydrogens (primary N) is 1. The van der Waals surface area contributed by atoms with Crippen molar-refractivity contribution in [3.05, 3.63) is 12.0 Å². The fourth-order valence-corrected chi connectivity index (χ4v) is 2.40. The van der Waals surface area contributed by atoms with Crippen LogP contribution in [0.4, 0.5) is 0 Å².